The van der Waals surface area contributed by atoms with Crippen LogP contribution in [-0.2, 0) is 22.4 Å². The largest absolute Gasteiger partial charge is 0.465 e. The lowest BCUT2D eigenvalue weighted by Crippen LogP contribution is -2.57. The molecule has 0 bridgehead atoms. The van der Waals surface area contributed by atoms with E-state index in [9.17, 15) is 22.8 Å². The molecule has 1 aliphatic heterocycles. The molecule has 1 aromatic heterocycles. The summed E-state index contributed by atoms with van der Waals surface area (Å²) < 4.78 is 47.6. The molecule has 10 heteroatoms. The number of nitrogens with zero attached hydrogens (tertiary/aromatic N) is 1. The van der Waals surface area contributed by atoms with Crippen LogP contribution in [0.5, 0.6) is 0 Å². The van der Waals surface area contributed by atoms with Crippen molar-refractivity contribution in [1.82, 2.24) is 5.32 Å². The van der Waals surface area contributed by atoms with Crippen LogP contribution in [0.3, 0.4) is 0 Å². The number of halogens is 3. The van der Waals surface area contributed by atoms with Crippen molar-refractivity contribution in [2.45, 2.75) is 43.9 Å². The first-order chi connectivity index (χ1) is 14.8. The van der Waals surface area contributed by atoms with Crippen molar-refractivity contribution in [1.29, 1.82) is 0 Å². The Balaban J connectivity index is 1.83. The summed E-state index contributed by atoms with van der Waals surface area (Å²) in [5.41, 5.74) is -2.15. The summed E-state index contributed by atoms with van der Waals surface area (Å²) in [5.74, 6) is -2.27. The third-order valence-corrected chi connectivity index (χ3v) is 6.61. The Labute approximate surface area is 180 Å². The maximum atomic E-state index is 14.3. The fraction of sp³-hybridized carbons (Fsp3) is 0.381. The summed E-state index contributed by atoms with van der Waals surface area (Å²) in [5, 5.41) is 4.49. The summed E-state index contributed by atoms with van der Waals surface area (Å²) in [6.07, 6.45) is -1.13. The number of aryl methyl sites for hydroxylation is 1. The number of rotatable bonds is 4. The van der Waals surface area contributed by atoms with E-state index < -0.39 is 23.7 Å². The lowest BCUT2D eigenvalue weighted by molar-refractivity contribution is -0.181. The summed E-state index contributed by atoms with van der Waals surface area (Å²) in [4.78, 5) is 29.8. The van der Waals surface area contributed by atoms with Crippen LogP contribution in [0.15, 0.2) is 35.3 Å². The Bertz CT molecular complexity index is 1050. The second-order valence-corrected chi connectivity index (χ2v) is 8.48. The quantitative estimate of drug-likeness (QED) is 0.543. The van der Waals surface area contributed by atoms with Crippen LogP contribution in [0.25, 0.3) is 0 Å². The van der Waals surface area contributed by atoms with Gasteiger partial charge in [0, 0.05) is 10.4 Å². The molecule has 164 valence electrons. The molecule has 2 heterocycles. The number of fused-ring (bicyclic) bond motifs is 1. The lowest BCUT2D eigenvalue weighted by atomic mass is 10.0. The molecule has 2 N–H and O–H groups in total. The van der Waals surface area contributed by atoms with E-state index in [0.717, 1.165) is 35.5 Å². The molecule has 0 saturated carbocycles. The van der Waals surface area contributed by atoms with Gasteiger partial charge < -0.3 is 15.4 Å². The number of ether oxygens (including phenoxy) is 1. The van der Waals surface area contributed by atoms with Gasteiger partial charge in [-0.05, 0) is 31.2 Å². The van der Waals surface area contributed by atoms with Gasteiger partial charge in [-0.3, -0.25) is 4.79 Å². The smallest absolute Gasteiger partial charge is 0.442 e. The second-order valence-electron chi connectivity index (χ2n) is 7.37. The number of nitrogens with one attached hydrogen (secondary N) is 2. The fourth-order valence-corrected chi connectivity index (χ4v) is 5.17. The molecule has 1 aromatic carbocycles. The lowest BCUT2D eigenvalue weighted by Gasteiger charge is -2.27. The minimum absolute atomic E-state index is 0.0516. The molecule has 0 saturated heterocycles. The zero-order valence-electron chi connectivity index (χ0n) is 16.6. The molecule has 0 radical (unpaired) electrons. The van der Waals surface area contributed by atoms with Gasteiger partial charge in [-0.2, -0.15) is 13.2 Å². The Kier molecular flexibility index (Phi) is 5.50. The number of esters is 1. The Hall–Kier alpha value is -2.88. The van der Waals surface area contributed by atoms with Gasteiger partial charge in [0.25, 0.3) is 5.91 Å². The van der Waals surface area contributed by atoms with Crippen LogP contribution in [0.1, 0.15) is 45.6 Å². The Morgan fingerprint density at radius 3 is 2.58 bits per heavy atom. The van der Waals surface area contributed by atoms with Crippen molar-refractivity contribution in [3.63, 3.8) is 0 Å². The fourth-order valence-electron chi connectivity index (χ4n) is 3.84. The van der Waals surface area contributed by atoms with Crippen LogP contribution >= 0.6 is 11.3 Å². The van der Waals surface area contributed by atoms with E-state index in [1.54, 1.807) is 30.3 Å². The summed E-state index contributed by atoms with van der Waals surface area (Å²) in [6.45, 7) is 0. The van der Waals surface area contributed by atoms with Gasteiger partial charge in [-0.15, -0.1) is 11.3 Å². The third-order valence-electron chi connectivity index (χ3n) is 5.40. The highest BCUT2D eigenvalue weighted by Crippen LogP contribution is 2.44. The summed E-state index contributed by atoms with van der Waals surface area (Å²) in [6, 6.07) is 8.09. The molecule has 6 nitrogen and oxygen atoms in total. The van der Waals surface area contributed by atoms with Crippen molar-refractivity contribution < 1.29 is 27.5 Å². The molecule has 2 aromatic rings. The highest BCUT2D eigenvalue weighted by atomic mass is 32.1. The molecule has 0 spiro atoms. The zero-order chi connectivity index (χ0) is 22.2. The predicted octanol–water partition coefficient (Wildman–Crippen LogP) is 4.05. The number of thiophene rings is 1. The van der Waals surface area contributed by atoms with E-state index in [2.05, 4.69) is 15.6 Å². The Morgan fingerprint density at radius 1 is 1.19 bits per heavy atom. The second kappa shape index (κ2) is 7.99. The normalized spacial score (nSPS) is 21.0. The zero-order valence-corrected chi connectivity index (χ0v) is 17.5. The van der Waals surface area contributed by atoms with Crippen LogP contribution in [0.4, 0.5) is 18.2 Å². The number of hydrogen-bond acceptors (Lipinski definition) is 6. The topological polar surface area (TPSA) is 79.8 Å². The number of anilines is 1. The SMILES string of the molecule is COC(=O)c1c(N[C@@]2(C(F)(F)F)N=C(c3ccccc3)NC2=O)sc2c1CCCCC2. The molecule has 1 aliphatic carbocycles. The number of hydrogen-bond donors (Lipinski definition) is 2. The number of methoxy groups -OCH3 is 1. The summed E-state index contributed by atoms with van der Waals surface area (Å²) >= 11 is 1.06. The van der Waals surface area contributed by atoms with Gasteiger partial charge in [0.15, 0.2) is 0 Å². The molecule has 0 fully saturated rings. The van der Waals surface area contributed by atoms with Crippen LogP contribution in [0.2, 0.25) is 0 Å². The number of alkyl halides is 3. The highest BCUT2D eigenvalue weighted by molar-refractivity contribution is 7.16. The summed E-state index contributed by atoms with van der Waals surface area (Å²) in [7, 11) is 1.18. The predicted molar refractivity (Wildman–Crippen MR) is 110 cm³/mol. The van der Waals surface area contributed by atoms with Gasteiger partial charge in [0.05, 0.1) is 12.7 Å². The first-order valence-electron chi connectivity index (χ1n) is 9.81. The van der Waals surface area contributed by atoms with E-state index in [0.29, 0.717) is 24.0 Å². The van der Waals surface area contributed by atoms with Crippen LogP contribution in [0, 0.1) is 0 Å². The molecular weight excluding hydrogens is 431 g/mol. The number of amides is 1. The number of amidine groups is 1. The monoisotopic (exact) mass is 451 g/mol. The molecule has 31 heavy (non-hydrogen) atoms. The number of carbonyl (C=O) groups is 2. The van der Waals surface area contributed by atoms with Gasteiger partial charge in [0.2, 0.25) is 0 Å². The minimum Gasteiger partial charge on any atom is -0.465 e. The maximum absolute atomic E-state index is 14.3. The van der Waals surface area contributed by atoms with E-state index in [4.69, 9.17) is 4.74 Å². The van der Waals surface area contributed by atoms with Gasteiger partial charge in [0.1, 0.15) is 10.8 Å². The van der Waals surface area contributed by atoms with Crippen molar-refractivity contribution >= 4 is 34.0 Å². The standard InChI is InChI=1S/C21H20F3N3O3S/c1-30-18(28)15-13-10-6-3-7-11-14(13)31-17(15)27-20(21(22,23)24)19(29)25-16(26-20)12-8-4-2-5-9-12/h2,4-5,8-9,27H,3,6-7,10-11H2,1H3,(H,25,26,29)/t20-/m0/s1. The Morgan fingerprint density at radius 2 is 1.90 bits per heavy atom. The van der Waals surface area contributed by atoms with Gasteiger partial charge >= 0.3 is 17.8 Å². The van der Waals surface area contributed by atoms with Crippen molar-refractivity contribution in [2.75, 3.05) is 12.4 Å². The van der Waals surface area contributed by atoms with Crippen molar-refractivity contribution in [2.24, 2.45) is 4.99 Å². The first kappa shape index (κ1) is 21.4. The van der Waals surface area contributed by atoms with E-state index in [-0.39, 0.29) is 16.4 Å². The van der Waals surface area contributed by atoms with Gasteiger partial charge in [-0.25, -0.2) is 9.79 Å². The highest BCUT2D eigenvalue weighted by Gasteiger charge is 2.64. The molecule has 1 amide bonds. The molecule has 1 atom stereocenters. The number of carbonyl (C=O) groups excluding carboxylic acids is 2. The molecule has 4 rings (SSSR count). The van der Waals surface area contributed by atoms with E-state index in [1.165, 1.54) is 7.11 Å². The van der Waals surface area contributed by atoms with Crippen LogP contribution in [-0.4, -0.2) is 36.7 Å². The molecule has 0 unspecified atom stereocenters. The average molecular weight is 451 g/mol. The molecule has 2 aliphatic rings. The minimum atomic E-state index is -5.05. The number of benzene rings is 1. The third kappa shape index (κ3) is 3.69. The number of aliphatic imine (C=N–C) groups is 1. The van der Waals surface area contributed by atoms with Crippen LogP contribution < -0.4 is 10.6 Å². The molecular formula is C21H20F3N3O3S. The van der Waals surface area contributed by atoms with Crippen molar-refractivity contribution in [3.8, 4) is 0 Å². The van der Waals surface area contributed by atoms with Crippen molar-refractivity contribution in [3.05, 3.63) is 51.9 Å². The first-order valence-corrected chi connectivity index (χ1v) is 10.6. The average Bonchev–Trinajstić information content (AvgIpc) is 3.16. The van der Waals surface area contributed by atoms with E-state index >= 15 is 0 Å². The van der Waals surface area contributed by atoms with E-state index in [1.807, 2.05) is 0 Å². The van der Waals surface area contributed by atoms with Gasteiger partial charge in [-0.1, -0.05) is 36.8 Å². The maximum Gasteiger partial charge on any atom is 0.442 e.